The summed E-state index contributed by atoms with van der Waals surface area (Å²) in [6.07, 6.45) is 7.61. The highest BCUT2D eigenvalue weighted by Crippen LogP contribution is 2.61. The van der Waals surface area contributed by atoms with Gasteiger partial charge in [-0.1, -0.05) is 23.2 Å². The Bertz CT molecular complexity index is 714. The van der Waals surface area contributed by atoms with Crippen LogP contribution in [0.3, 0.4) is 0 Å². The van der Waals surface area contributed by atoms with Gasteiger partial charge in [-0.25, -0.2) is 0 Å². The van der Waals surface area contributed by atoms with Crippen LogP contribution in [0.25, 0.3) is 0 Å². The van der Waals surface area contributed by atoms with E-state index in [9.17, 15) is 9.59 Å². The Labute approximate surface area is 164 Å². The number of amides is 2. The first-order chi connectivity index (χ1) is 12.3. The van der Waals surface area contributed by atoms with Crippen LogP contribution in [0, 0.1) is 23.2 Å². The van der Waals surface area contributed by atoms with Gasteiger partial charge in [0.05, 0.1) is 10.7 Å². The van der Waals surface area contributed by atoms with Crippen LogP contribution in [-0.2, 0) is 9.59 Å². The van der Waals surface area contributed by atoms with Crippen molar-refractivity contribution in [2.75, 3.05) is 5.32 Å². The van der Waals surface area contributed by atoms with Gasteiger partial charge in [0.2, 0.25) is 0 Å². The lowest BCUT2D eigenvalue weighted by Gasteiger charge is -2.59. The molecule has 2 amide bonds. The van der Waals surface area contributed by atoms with Crippen LogP contribution in [0.1, 0.15) is 45.4 Å². The molecule has 4 aliphatic carbocycles. The quantitative estimate of drug-likeness (QED) is 0.732. The molecule has 2 N–H and O–H groups in total. The van der Waals surface area contributed by atoms with Crippen molar-refractivity contribution in [1.82, 2.24) is 5.32 Å². The van der Waals surface area contributed by atoms with E-state index in [2.05, 4.69) is 17.6 Å². The summed E-state index contributed by atoms with van der Waals surface area (Å²) in [4.78, 5) is 24.8. The van der Waals surface area contributed by atoms with Gasteiger partial charge < -0.3 is 10.6 Å². The van der Waals surface area contributed by atoms with Crippen LogP contribution in [-0.4, -0.2) is 17.9 Å². The molecule has 4 aliphatic rings. The standard InChI is InChI=1S/C20H24Cl2N2O2/c1-11(20-8-12-4-13(9-20)6-14(5-12)10-20)23-18(25)19(26)24-17-7-15(21)2-3-16(17)22/h2-3,7,11-14H,4-6,8-10H2,1H3,(H,23,25)(H,24,26). The van der Waals surface area contributed by atoms with Gasteiger partial charge in [-0.3, -0.25) is 9.59 Å². The largest absolute Gasteiger partial charge is 0.345 e. The minimum absolute atomic E-state index is 0.00369. The average Bonchev–Trinajstić information content (AvgIpc) is 2.56. The second-order valence-electron chi connectivity index (χ2n) is 8.55. The number of anilines is 1. The van der Waals surface area contributed by atoms with E-state index < -0.39 is 11.8 Å². The summed E-state index contributed by atoms with van der Waals surface area (Å²) >= 11 is 12.0. The van der Waals surface area contributed by atoms with E-state index >= 15 is 0 Å². The fourth-order valence-electron chi connectivity index (χ4n) is 5.90. The molecule has 0 radical (unpaired) electrons. The number of benzene rings is 1. The van der Waals surface area contributed by atoms with Gasteiger partial charge in [0, 0.05) is 11.1 Å². The third kappa shape index (κ3) is 3.34. The van der Waals surface area contributed by atoms with Crippen molar-refractivity contribution in [1.29, 1.82) is 0 Å². The van der Waals surface area contributed by atoms with Crippen molar-refractivity contribution in [3.63, 3.8) is 0 Å². The van der Waals surface area contributed by atoms with Crippen LogP contribution in [0.15, 0.2) is 18.2 Å². The lowest BCUT2D eigenvalue weighted by atomic mass is 9.48. The van der Waals surface area contributed by atoms with E-state index in [1.807, 2.05) is 0 Å². The van der Waals surface area contributed by atoms with Crippen molar-refractivity contribution in [2.45, 2.75) is 51.5 Å². The SMILES string of the molecule is CC(NC(=O)C(=O)Nc1cc(Cl)ccc1Cl)C12CC3CC(CC(C3)C1)C2. The zero-order valence-corrected chi connectivity index (χ0v) is 16.4. The number of hydrogen-bond acceptors (Lipinski definition) is 2. The first-order valence-electron chi connectivity index (χ1n) is 9.41. The molecule has 0 saturated heterocycles. The van der Waals surface area contributed by atoms with Gasteiger partial charge >= 0.3 is 11.8 Å². The van der Waals surface area contributed by atoms with Crippen molar-refractivity contribution >= 4 is 40.7 Å². The van der Waals surface area contributed by atoms with Gasteiger partial charge in [-0.05, 0) is 86.8 Å². The Kier molecular flexibility index (Phi) is 4.68. The number of carbonyl (C=O) groups is 2. The predicted molar refractivity (Wildman–Crippen MR) is 103 cm³/mol. The molecule has 26 heavy (non-hydrogen) atoms. The van der Waals surface area contributed by atoms with Crippen molar-refractivity contribution in [3.8, 4) is 0 Å². The molecule has 1 aromatic carbocycles. The Morgan fingerprint density at radius 1 is 1.04 bits per heavy atom. The van der Waals surface area contributed by atoms with Gasteiger partial charge in [-0.2, -0.15) is 0 Å². The second kappa shape index (κ2) is 6.72. The summed E-state index contributed by atoms with van der Waals surface area (Å²) < 4.78 is 0. The van der Waals surface area contributed by atoms with Gasteiger partial charge in [0.25, 0.3) is 0 Å². The molecule has 1 aromatic rings. The van der Waals surface area contributed by atoms with Crippen LogP contribution in [0.5, 0.6) is 0 Å². The first kappa shape index (κ1) is 18.1. The summed E-state index contributed by atoms with van der Waals surface area (Å²) in [6, 6.07) is 4.77. The highest BCUT2D eigenvalue weighted by atomic mass is 35.5. The Morgan fingerprint density at radius 2 is 1.62 bits per heavy atom. The molecule has 6 heteroatoms. The van der Waals surface area contributed by atoms with Crippen LogP contribution < -0.4 is 10.6 Å². The third-order valence-electron chi connectivity index (χ3n) is 6.73. The highest BCUT2D eigenvalue weighted by Gasteiger charge is 2.53. The summed E-state index contributed by atoms with van der Waals surface area (Å²) in [7, 11) is 0. The van der Waals surface area contributed by atoms with E-state index in [-0.39, 0.29) is 11.5 Å². The molecular weight excluding hydrogens is 371 g/mol. The van der Waals surface area contributed by atoms with Crippen molar-refractivity contribution in [3.05, 3.63) is 28.2 Å². The van der Waals surface area contributed by atoms with Gasteiger partial charge in [0.1, 0.15) is 0 Å². The fraction of sp³-hybridized carbons (Fsp3) is 0.600. The number of hydrogen-bond donors (Lipinski definition) is 2. The van der Waals surface area contributed by atoms with Gasteiger partial charge in [0.15, 0.2) is 0 Å². The van der Waals surface area contributed by atoms with Crippen molar-refractivity contribution < 1.29 is 9.59 Å². The van der Waals surface area contributed by atoms with E-state index in [0.29, 0.717) is 15.7 Å². The Balaban J connectivity index is 1.41. The van der Waals surface area contributed by atoms with Gasteiger partial charge in [-0.15, -0.1) is 0 Å². The lowest BCUT2D eigenvalue weighted by molar-refractivity contribution is -0.138. The highest BCUT2D eigenvalue weighted by molar-refractivity contribution is 6.42. The maximum Gasteiger partial charge on any atom is 0.313 e. The topological polar surface area (TPSA) is 58.2 Å². The van der Waals surface area contributed by atoms with E-state index in [1.54, 1.807) is 12.1 Å². The van der Waals surface area contributed by atoms with Crippen LogP contribution in [0.2, 0.25) is 10.0 Å². The minimum atomic E-state index is -0.703. The smallest absolute Gasteiger partial charge is 0.313 e. The molecule has 4 nitrogen and oxygen atoms in total. The molecule has 140 valence electrons. The predicted octanol–water partition coefficient (Wildman–Crippen LogP) is 4.65. The summed E-state index contributed by atoms with van der Waals surface area (Å²) in [5, 5.41) is 6.33. The maximum absolute atomic E-state index is 12.4. The van der Waals surface area contributed by atoms with Crippen molar-refractivity contribution in [2.24, 2.45) is 23.2 Å². The normalized spacial score (nSPS) is 33.0. The third-order valence-corrected chi connectivity index (χ3v) is 7.30. The zero-order valence-electron chi connectivity index (χ0n) is 14.9. The molecular formula is C20H24Cl2N2O2. The molecule has 4 saturated carbocycles. The summed E-state index contributed by atoms with van der Waals surface area (Å²) in [5.41, 5.74) is 0.514. The summed E-state index contributed by atoms with van der Waals surface area (Å²) in [6.45, 7) is 2.06. The molecule has 0 spiro atoms. The minimum Gasteiger partial charge on any atom is -0.345 e. The number of carbonyl (C=O) groups excluding carboxylic acids is 2. The van der Waals surface area contributed by atoms with E-state index in [0.717, 1.165) is 17.8 Å². The summed E-state index contributed by atoms with van der Waals surface area (Å²) in [5.74, 6) is 1.11. The first-order valence-corrected chi connectivity index (χ1v) is 10.2. The molecule has 0 heterocycles. The number of halogens is 2. The number of rotatable bonds is 3. The Morgan fingerprint density at radius 3 is 2.19 bits per heavy atom. The zero-order chi connectivity index (χ0) is 18.5. The molecule has 1 atom stereocenters. The Hall–Kier alpha value is -1.26. The second-order valence-corrected chi connectivity index (χ2v) is 9.40. The lowest BCUT2D eigenvalue weighted by Crippen LogP contribution is -2.57. The molecule has 4 fully saturated rings. The molecule has 0 aromatic heterocycles. The molecule has 5 rings (SSSR count). The van der Waals surface area contributed by atoms with E-state index in [4.69, 9.17) is 23.2 Å². The van der Waals surface area contributed by atoms with Crippen LogP contribution in [0.4, 0.5) is 5.69 Å². The number of nitrogens with one attached hydrogen (secondary N) is 2. The molecule has 4 bridgehead atoms. The molecule has 0 aliphatic heterocycles. The maximum atomic E-state index is 12.4. The average molecular weight is 395 g/mol. The van der Waals surface area contributed by atoms with Crippen LogP contribution >= 0.6 is 23.2 Å². The van der Waals surface area contributed by atoms with E-state index in [1.165, 1.54) is 44.6 Å². The fourth-order valence-corrected chi connectivity index (χ4v) is 6.23. The monoisotopic (exact) mass is 394 g/mol. The molecule has 1 unspecified atom stereocenters.